The van der Waals surface area contributed by atoms with Gasteiger partial charge in [0.1, 0.15) is 0 Å². The van der Waals surface area contributed by atoms with E-state index in [0.29, 0.717) is 0 Å². The van der Waals surface area contributed by atoms with Gasteiger partial charge >= 0.3 is 31.9 Å². The third kappa shape index (κ3) is 14200. The molecule has 0 saturated carbocycles. The molecule has 0 atom stereocenters. The molecule has 0 aliphatic heterocycles. The molecule has 0 aliphatic rings. The van der Waals surface area contributed by atoms with Crippen LogP contribution in [-0.2, 0) is 32.7 Å². The fraction of sp³-hybridized carbons (Fsp3) is 1.00. The standard InChI is InChI=1S/CH4.HO2P.2O.V/c;1-3-2;;;/h1H4;3H;;;. The van der Waals surface area contributed by atoms with Crippen LogP contribution in [0.15, 0.2) is 0 Å². The van der Waals surface area contributed by atoms with Crippen molar-refractivity contribution >= 4 is 8.34 Å². The normalized spacial score (nSPS) is 2.86. The van der Waals surface area contributed by atoms with E-state index < -0.39 is 24.5 Å². The Morgan fingerprint density at radius 2 is 1.14 bits per heavy atom. The number of rotatable bonds is 0. The van der Waals surface area contributed by atoms with Crippen LogP contribution >= 0.6 is 8.34 Å². The van der Waals surface area contributed by atoms with Crippen molar-refractivity contribution in [3.05, 3.63) is 0 Å². The Morgan fingerprint density at radius 1 is 1.14 bits per heavy atom. The summed E-state index contributed by atoms with van der Waals surface area (Å²) in [6, 6.07) is 0. The molecule has 0 fully saturated rings. The van der Waals surface area contributed by atoms with E-state index in [1.54, 1.807) is 0 Å². The molecule has 6 heteroatoms. The predicted octanol–water partition coefficient (Wildman–Crippen LogP) is 0.752. The average Bonchev–Trinajstić information content (AvgIpc) is 1.39. The molecule has 4 nitrogen and oxygen atoms in total. The first kappa shape index (κ1) is 15.7. The Kier molecular flexibility index (Phi) is 81.3. The van der Waals surface area contributed by atoms with Crippen LogP contribution in [-0.4, -0.2) is 0 Å². The Labute approximate surface area is 49.1 Å². The van der Waals surface area contributed by atoms with Crippen LogP contribution in [0.5, 0.6) is 0 Å². The van der Waals surface area contributed by atoms with Gasteiger partial charge in [0.25, 0.3) is 0 Å². The fourth-order valence-corrected chi connectivity index (χ4v) is 0. The monoisotopic (exact) mass is 163 g/mol. The van der Waals surface area contributed by atoms with Crippen LogP contribution in [0, 0.1) is 0 Å². The molecular formula is CH5O4PV. The third-order valence-corrected chi connectivity index (χ3v) is 0. The van der Waals surface area contributed by atoms with Gasteiger partial charge in [-0.2, -0.15) is 0 Å². The average molecular weight is 163 g/mol. The summed E-state index contributed by atoms with van der Waals surface area (Å²) in [6.07, 6.45) is 0. The summed E-state index contributed by atoms with van der Waals surface area (Å²) >= 11 is -1.81. The van der Waals surface area contributed by atoms with Gasteiger partial charge in [0, 0.05) is 0 Å². The van der Waals surface area contributed by atoms with E-state index in [2.05, 4.69) is 0 Å². The zero-order valence-electron chi connectivity index (χ0n) is 2.58. The second-order valence-corrected chi connectivity index (χ2v) is 0.557. The first-order chi connectivity index (χ1) is 2.83. The van der Waals surface area contributed by atoms with E-state index in [1.165, 1.54) is 0 Å². The van der Waals surface area contributed by atoms with Gasteiger partial charge in [-0.15, -0.1) is 0 Å². The second-order valence-electron chi connectivity index (χ2n) is 0.158. The van der Waals surface area contributed by atoms with E-state index in [1.807, 2.05) is 0 Å². The molecule has 7 heavy (non-hydrogen) atoms. The molecule has 0 heterocycles. The topological polar surface area (TPSA) is 68.3 Å². The molecule has 0 amide bonds. The van der Waals surface area contributed by atoms with Crippen LogP contribution in [0.3, 0.4) is 0 Å². The molecule has 0 aromatic carbocycles. The summed E-state index contributed by atoms with van der Waals surface area (Å²) in [5.41, 5.74) is 0. The van der Waals surface area contributed by atoms with Crippen molar-refractivity contribution < 1.29 is 32.7 Å². The van der Waals surface area contributed by atoms with E-state index in [-0.39, 0.29) is 7.43 Å². The van der Waals surface area contributed by atoms with Crippen LogP contribution in [0.1, 0.15) is 7.43 Å². The minimum atomic E-state index is -1.81. The van der Waals surface area contributed by atoms with Crippen molar-refractivity contribution in [1.82, 2.24) is 0 Å². The fourth-order valence-electron chi connectivity index (χ4n) is 0. The first-order valence-corrected chi connectivity index (χ1v) is 2.73. The molecule has 43 valence electrons. The molecule has 0 rings (SSSR count). The molecule has 0 spiro atoms. The van der Waals surface area contributed by atoms with Gasteiger partial charge in [0.05, 0.1) is 0 Å². The maximum atomic E-state index is 8.47. The van der Waals surface area contributed by atoms with Gasteiger partial charge in [-0.1, -0.05) is 7.43 Å². The van der Waals surface area contributed by atoms with Crippen LogP contribution in [0.2, 0.25) is 0 Å². The molecule has 0 unspecified atom stereocenters. The van der Waals surface area contributed by atoms with Gasteiger partial charge < -0.3 is 0 Å². The van der Waals surface area contributed by atoms with E-state index >= 15 is 0 Å². The molecule has 0 bridgehead atoms. The van der Waals surface area contributed by atoms with Gasteiger partial charge in [-0.25, -0.2) is 9.13 Å². The third-order valence-electron chi connectivity index (χ3n) is 0. The summed E-state index contributed by atoms with van der Waals surface area (Å²) in [5, 5.41) is 0. The maximum absolute atomic E-state index is 8.47. The van der Waals surface area contributed by atoms with Crippen LogP contribution in [0.4, 0.5) is 0 Å². The summed E-state index contributed by atoms with van der Waals surface area (Å²) in [4.78, 5) is 0. The summed E-state index contributed by atoms with van der Waals surface area (Å²) in [7, 11) is -1.42. The van der Waals surface area contributed by atoms with E-state index in [9.17, 15) is 0 Å². The molecule has 0 aliphatic carbocycles. The molecule has 0 aromatic heterocycles. The zero-order valence-corrected chi connectivity index (χ0v) is 4.98. The Bertz CT molecular complexity index is 65.7. The summed E-state index contributed by atoms with van der Waals surface area (Å²) in [5.74, 6) is 0. The molecule has 0 radical (unpaired) electrons. The predicted molar refractivity (Wildman–Crippen MR) is 17.8 cm³/mol. The molecule has 0 saturated heterocycles. The minimum absolute atomic E-state index is 0. The Morgan fingerprint density at radius 3 is 1.14 bits per heavy atom. The summed E-state index contributed by atoms with van der Waals surface area (Å²) in [6.45, 7) is 0. The van der Waals surface area contributed by atoms with Crippen molar-refractivity contribution in [3.8, 4) is 0 Å². The van der Waals surface area contributed by atoms with Crippen LogP contribution in [0.25, 0.3) is 0 Å². The second kappa shape index (κ2) is 36.2. The molecule has 0 aromatic rings. The van der Waals surface area contributed by atoms with Gasteiger partial charge in [0.15, 0.2) is 0 Å². The number of hydrogen-bond acceptors (Lipinski definition) is 4. The van der Waals surface area contributed by atoms with Crippen molar-refractivity contribution in [2.45, 2.75) is 7.43 Å². The zero-order chi connectivity index (χ0) is 5.41. The number of hydrogen-bond donors (Lipinski definition) is 0. The Hall–Kier alpha value is 0.0844. The SMILES string of the molecule is C.O=[PH]=O.[O]=[V]=[O]. The summed E-state index contributed by atoms with van der Waals surface area (Å²) < 4.78 is 33.7. The van der Waals surface area contributed by atoms with Gasteiger partial charge in [-0.05, 0) is 0 Å². The molecule has 0 N–H and O–H groups in total. The Balaban J connectivity index is -0.0000000400. The van der Waals surface area contributed by atoms with E-state index in [0.717, 1.165) is 0 Å². The van der Waals surface area contributed by atoms with Gasteiger partial charge in [0.2, 0.25) is 0 Å². The van der Waals surface area contributed by atoms with Crippen molar-refractivity contribution in [1.29, 1.82) is 0 Å². The van der Waals surface area contributed by atoms with E-state index in [4.69, 9.17) is 16.5 Å². The first-order valence-electron chi connectivity index (χ1n) is 0.773. The van der Waals surface area contributed by atoms with Crippen molar-refractivity contribution in [2.24, 2.45) is 0 Å². The van der Waals surface area contributed by atoms with Gasteiger partial charge in [-0.3, -0.25) is 0 Å². The van der Waals surface area contributed by atoms with Crippen molar-refractivity contribution in [2.75, 3.05) is 0 Å². The van der Waals surface area contributed by atoms with Crippen LogP contribution < -0.4 is 0 Å². The molecular weight excluding hydrogens is 158 g/mol. The quantitative estimate of drug-likeness (QED) is 0.494. The van der Waals surface area contributed by atoms with Crippen molar-refractivity contribution in [3.63, 3.8) is 0 Å².